The number of halogens is 2. The first-order valence-electron chi connectivity index (χ1n) is 9.47. The normalized spacial score (nSPS) is 13.2. The first kappa shape index (κ1) is 23.6. The van der Waals surface area contributed by atoms with Crippen molar-refractivity contribution in [1.29, 1.82) is 0 Å². The molecule has 1 aromatic carbocycles. The molecule has 8 nitrogen and oxygen atoms in total. The molecular weight excluding hydrogens is 425 g/mol. The van der Waals surface area contributed by atoms with Crippen LogP contribution in [0.15, 0.2) is 42.6 Å². The van der Waals surface area contributed by atoms with Crippen molar-refractivity contribution in [2.75, 3.05) is 23.3 Å². The summed E-state index contributed by atoms with van der Waals surface area (Å²) >= 11 is 0. The highest BCUT2D eigenvalue weighted by molar-refractivity contribution is 6.07. The van der Waals surface area contributed by atoms with Gasteiger partial charge in [-0.05, 0) is 55.7 Å². The number of aromatic amines is 1. The average molecular weight is 450 g/mol. The lowest BCUT2D eigenvalue weighted by molar-refractivity contribution is 0.102. The van der Waals surface area contributed by atoms with Crippen LogP contribution in [0.1, 0.15) is 35.4 Å². The summed E-state index contributed by atoms with van der Waals surface area (Å²) < 4.78 is 0. The number of rotatable bonds is 5. The van der Waals surface area contributed by atoms with Crippen molar-refractivity contribution in [3.63, 3.8) is 0 Å². The number of aromatic nitrogens is 4. The quantitative estimate of drug-likeness (QED) is 0.549. The number of nitrogens with zero attached hydrogens (tertiary/aromatic N) is 4. The number of nitrogens with one attached hydrogen (secondary N) is 2. The topological polar surface area (TPSA) is 113 Å². The second-order valence-corrected chi connectivity index (χ2v) is 6.76. The van der Waals surface area contributed by atoms with Crippen molar-refractivity contribution in [1.82, 2.24) is 20.2 Å². The van der Waals surface area contributed by atoms with Gasteiger partial charge in [-0.3, -0.25) is 9.89 Å². The van der Waals surface area contributed by atoms with Crippen LogP contribution >= 0.6 is 24.8 Å². The maximum atomic E-state index is 12.9. The van der Waals surface area contributed by atoms with Crippen molar-refractivity contribution < 1.29 is 4.79 Å². The van der Waals surface area contributed by atoms with E-state index in [0.29, 0.717) is 29.4 Å². The van der Waals surface area contributed by atoms with Crippen molar-refractivity contribution in [2.45, 2.75) is 25.8 Å². The molecule has 30 heavy (non-hydrogen) atoms. The molecule has 0 unspecified atom stereocenters. The number of piperidine rings is 1. The molecule has 160 valence electrons. The number of carbonyl (C=O) groups is 1. The molecule has 0 saturated carbocycles. The minimum absolute atomic E-state index is 0. The van der Waals surface area contributed by atoms with E-state index < -0.39 is 0 Å². The summed E-state index contributed by atoms with van der Waals surface area (Å²) in [6.07, 6.45) is 5.23. The number of carbonyl (C=O) groups excluding carboxylic acids is 1. The Kier molecular flexibility index (Phi) is 8.58. The third-order valence-electron chi connectivity index (χ3n) is 4.81. The summed E-state index contributed by atoms with van der Waals surface area (Å²) in [4.78, 5) is 23.8. The molecule has 1 amide bonds. The monoisotopic (exact) mass is 449 g/mol. The fraction of sp³-hybridized carbons (Fsp3) is 0.300. The zero-order valence-corrected chi connectivity index (χ0v) is 18.0. The van der Waals surface area contributed by atoms with Crippen LogP contribution in [-0.4, -0.2) is 39.2 Å². The third kappa shape index (κ3) is 5.27. The molecule has 1 aliphatic heterocycles. The van der Waals surface area contributed by atoms with Gasteiger partial charge in [0.15, 0.2) is 5.82 Å². The van der Waals surface area contributed by atoms with E-state index in [2.05, 4.69) is 30.4 Å². The molecule has 0 spiro atoms. The highest BCUT2D eigenvalue weighted by atomic mass is 35.5. The van der Waals surface area contributed by atoms with Crippen molar-refractivity contribution in [3.05, 3.63) is 54.0 Å². The van der Waals surface area contributed by atoms with Gasteiger partial charge in [0, 0.05) is 30.5 Å². The van der Waals surface area contributed by atoms with Crippen LogP contribution in [0, 0.1) is 0 Å². The number of benzene rings is 1. The molecule has 4 rings (SSSR count). The van der Waals surface area contributed by atoms with Crippen molar-refractivity contribution in [2.24, 2.45) is 5.73 Å². The lowest BCUT2D eigenvalue weighted by atomic mass is 10.1. The number of pyridine rings is 1. The Bertz CT molecular complexity index is 956. The molecule has 3 aromatic rings. The second-order valence-electron chi connectivity index (χ2n) is 6.76. The molecule has 1 saturated heterocycles. The molecule has 0 aliphatic carbocycles. The molecule has 0 radical (unpaired) electrons. The largest absolute Gasteiger partial charge is 0.356 e. The summed E-state index contributed by atoms with van der Waals surface area (Å²) in [5.41, 5.74) is 7.70. The van der Waals surface area contributed by atoms with E-state index in [-0.39, 0.29) is 30.7 Å². The lowest BCUT2D eigenvalue weighted by Crippen LogP contribution is -2.32. The van der Waals surface area contributed by atoms with Crippen LogP contribution in [-0.2, 0) is 6.54 Å². The number of H-pyrrole nitrogens is 1. The van der Waals surface area contributed by atoms with E-state index >= 15 is 0 Å². The van der Waals surface area contributed by atoms with E-state index in [0.717, 1.165) is 37.3 Å². The first-order chi connectivity index (χ1) is 13.7. The summed E-state index contributed by atoms with van der Waals surface area (Å²) in [5, 5.41) is 9.89. The third-order valence-corrected chi connectivity index (χ3v) is 4.81. The summed E-state index contributed by atoms with van der Waals surface area (Å²) in [7, 11) is 0. The van der Waals surface area contributed by atoms with Gasteiger partial charge in [0.1, 0.15) is 11.6 Å². The highest BCUT2D eigenvalue weighted by Gasteiger charge is 2.19. The van der Waals surface area contributed by atoms with Gasteiger partial charge >= 0.3 is 0 Å². The van der Waals surface area contributed by atoms with Crippen LogP contribution in [0.2, 0.25) is 0 Å². The smallest absolute Gasteiger partial charge is 0.259 e. The Hall–Kier alpha value is -2.68. The number of hydrogen-bond acceptors (Lipinski definition) is 6. The minimum atomic E-state index is -0.162. The molecule has 10 heteroatoms. The van der Waals surface area contributed by atoms with E-state index in [9.17, 15) is 4.79 Å². The molecule has 2 aromatic heterocycles. The molecule has 3 heterocycles. The lowest BCUT2D eigenvalue weighted by Gasteiger charge is -2.29. The van der Waals surface area contributed by atoms with Crippen LogP contribution < -0.4 is 16.0 Å². The first-order valence-corrected chi connectivity index (χ1v) is 9.47. The Morgan fingerprint density at radius 2 is 1.83 bits per heavy atom. The van der Waals surface area contributed by atoms with Gasteiger partial charge in [-0.1, -0.05) is 0 Å². The Balaban J connectivity index is 0.00000160. The number of amides is 1. The van der Waals surface area contributed by atoms with Crippen LogP contribution in [0.4, 0.5) is 11.5 Å². The molecule has 4 N–H and O–H groups in total. The Labute approximate surface area is 187 Å². The fourth-order valence-electron chi connectivity index (χ4n) is 3.35. The fourth-order valence-corrected chi connectivity index (χ4v) is 3.35. The zero-order chi connectivity index (χ0) is 19.3. The Morgan fingerprint density at radius 1 is 1.10 bits per heavy atom. The summed E-state index contributed by atoms with van der Waals surface area (Å²) in [6, 6.07) is 11.0. The van der Waals surface area contributed by atoms with Crippen molar-refractivity contribution >= 4 is 42.2 Å². The summed E-state index contributed by atoms with van der Waals surface area (Å²) in [6.45, 7) is 2.19. The standard InChI is InChI=1S/C20H23N7O.2ClH/c21-13-17-24-18(26-25-17)14-6-8-15(9-7-14)23-20(28)16-5-4-10-22-19(16)27-11-2-1-3-12-27;;/h4-10H,1-3,11-13,21H2,(H,23,28)(H,24,25,26);2*1H. The van der Waals surface area contributed by atoms with Gasteiger partial charge in [-0.2, -0.15) is 5.10 Å². The molecular formula is C20H25Cl2N7O. The SMILES string of the molecule is Cl.Cl.NCc1nc(-c2ccc(NC(=O)c3cccnc3N3CCCCC3)cc2)n[nH]1. The van der Waals surface area contributed by atoms with E-state index in [4.69, 9.17) is 5.73 Å². The van der Waals surface area contributed by atoms with E-state index in [1.54, 1.807) is 12.3 Å². The van der Waals surface area contributed by atoms with Gasteiger partial charge in [0.2, 0.25) is 0 Å². The maximum absolute atomic E-state index is 12.9. The van der Waals surface area contributed by atoms with Crippen LogP contribution in [0.5, 0.6) is 0 Å². The number of nitrogens with two attached hydrogens (primary N) is 1. The molecule has 0 atom stereocenters. The molecule has 1 fully saturated rings. The predicted molar refractivity (Wildman–Crippen MR) is 122 cm³/mol. The van der Waals surface area contributed by atoms with Gasteiger partial charge in [-0.15, -0.1) is 24.8 Å². The highest BCUT2D eigenvalue weighted by Crippen LogP contribution is 2.23. The van der Waals surface area contributed by atoms with Gasteiger partial charge < -0.3 is 16.0 Å². The summed E-state index contributed by atoms with van der Waals surface area (Å²) in [5.74, 6) is 1.81. The van der Waals surface area contributed by atoms with E-state index in [1.807, 2.05) is 30.3 Å². The van der Waals surface area contributed by atoms with E-state index in [1.165, 1.54) is 6.42 Å². The van der Waals surface area contributed by atoms with Gasteiger partial charge in [0.25, 0.3) is 5.91 Å². The molecule has 1 aliphatic rings. The number of hydrogen-bond donors (Lipinski definition) is 3. The van der Waals surface area contributed by atoms with Crippen LogP contribution in [0.3, 0.4) is 0 Å². The van der Waals surface area contributed by atoms with Gasteiger partial charge in [-0.25, -0.2) is 9.97 Å². The molecule has 0 bridgehead atoms. The van der Waals surface area contributed by atoms with Crippen molar-refractivity contribution in [3.8, 4) is 11.4 Å². The number of anilines is 2. The average Bonchev–Trinajstić information content (AvgIpc) is 3.24. The maximum Gasteiger partial charge on any atom is 0.259 e. The minimum Gasteiger partial charge on any atom is -0.356 e. The van der Waals surface area contributed by atoms with Gasteiger partial charge in [0.05, 0.1) is 12.1 Å². The Morgan fingerprint density at radius 3 is 2.50 bits per heavy atom. The predicted octanol–water partition coefficient (Wildman–Crippen LogP) is 3.41. The van der Waals surface area contributed by atoms with Crippen LogP contribution in [0.25, 0.3) is 11.4 Å². The zero-order valence-electron chi connectivity index (χ0n) is 16.4. The second kappa shape index (κ2) is 10.9.